The van der Waals surface area contributed by atoms with E-state index in [1.807, 2.05) is 0 Å². The van der Waals surface area contributed by atoms with Crippen LogP contribution >= 0.6 is 0 Å². The van der Waals surface area contributed by atoms with E-state index in [-0.39, 0.29) is 5.56 Å². The fraction of sp³-hybridized carbons (Fsp3) is 0.500. The van der Waals surface area contributed by atoms with Crippen LogP contribution in [0.25, 0.3) is 0 Å². The van der Waals surface area contributed by atoms with Gasteiger partial charge in [-0.3, -0.25) is 16.3 Å². The molecule has 0 aliphatic heterocycles. The lowest BCUT2D eigenvalue weighted by molar-refractivity contribution is -0.292. The fourth-order valence-electron chi connectivity index (χ4n) is 1.70. The van der Waals surface area contributed by atoms with Gasteiger partial charge in [0, 0.05) is 12.4 Å². The molecule has 1 heterocycles. The molecule has 19 heavy (non-hydrogen) atoms. The molecule has 0 saturated heterocycles. The second kappa shape index (κ2) is 5.33. The number of rotatable bonds is 3. The summed E-state index contributed by atoms with van der Waals surface area (Å²) in [6.07, 6.45) is -8.71. The Labute approximate surface area is 104 Å². The van der Waals surface area contributed by atoms with Crippen LogP contribution in [0.5, 0.6) is 0 Å². The Bertz CT molecular complexity index is 414. The van der Waals surface area contributed by atoms with Crippen molar-refractivity contribution in [3.63, 3.8) is 0 Å². The summed E-state index contributed by atoms with van der Waals surface area (Å²) in [6.45, 7) is 1.50. The number of nitrogens with one attached hydrogen (secondary N) is 1. The topological polar surface area (TPSA) is 50.9 Å². The molecule has 0 saturated carbocycles. The smallest absolute Gasteiger partial charge is 0.271 e. The zero-order valence-corrected chi connectivity index (χ0v) is 9.68. The fourth-order valence-corrected chi connectivity index (χ4v) is 1.70. The van der Waals surface area contributed by atoms with Crippen LogP contribution in [0, 0.1) is 12.8 Å². The van der Waals surface area contributed by atoms with Crippen molar-refractivity contribution in [2.45, 2.75) is 25.3 Å². The second-order valence-corrected chi connectivity index (χ2v) is 4.00. The highest BCUT2D eigenvalue weighted by molar-refractivity contribution is 5.21. The van der Waals surface area contributed by atoms with Gasteiger partial charge in [-0.05, 0) is 18.1 Å². The average molecular weight is 287 g/mol. The van der Waals surface area contributed by atoms with Crippen LogP contribution in [0.2, 0.25) is 0 Å². The van der Waals surface area contributed by atoms with Crippen molar-refractivity contribution >= 4 is 0 Å². The monoisotopic (exact) mass is 287 g/mol. The lowest BCUT2D eigenvalue weighted by atomic mass is 9.92. The van der Waals surface area contributed by atoms with E-state index in [0.29, 0.717) is 5.56 Å². The minimum atomic E-state index is -5.47. The van der Waals surface area contributed by atoms with Gasteiger partial charge < -0.3 is 0 Å². The summed E-state index contributed by atoms with van der Waals surface area (Å²) in [5.41, 5.74) is 1.73. The Morgan fingerprint density at radius 2 is 1.63 bits per heavy atom. The molecule has 0 bridgehead atoms. The van der Waals surface area contributed by atoms with Crippen molar-refractivity contribution in [2.24, 2.45) is 11.8 Å². The Morgan fingerprint density at radius 1 is 1.11 bits per heavy atom. The maximum absolute atomic E-state index is 12.6. The van der Waals surface area contributed by atoms with E-state index in [9.17, 15) is 26.3 Å². The van der Waals surface area contributed by atoms with Gasteiger partial charge in [0.15, 0.2) is 5.92 Å². The Morgan fingerprint density at radius 3 is 2.00 bits per heavy atom. The first-order valence-electron chi connectivity index (χ1n) is 5.08. The molecular weight excluding hydrogens is 276 g/mol. The second-order valence-electron chi connectivity index (χ2n) is 4.00. The summed E-state index contributed by atoms with van der Waals surface area (Å²) in [4.78, 5) is 3.57. The lowest BCUT2D eigenvalue weighted by Gasteiger charge is -2.30. The number of hydrazine groups is 1. The largest absolute Gasteiger partial charge is 0.402 e. The number of nitrogens with two attached hydrogens (primary N) is 1. The average Bonchev–Trinajstić information content (AvgIpc) is 2.21. The molecule has 0 aliphatic carbocycles. The first-order chi connectivity index (χ1) is 8.57. The van der Waals surface area contributed by atoms with Gasteiger partial charge in [-0.15, -0.1) is 0 Å². The van der Waals surface area contributed by atoms with Crippen molar-refractivity contribution in [3.05, 3.63) is 29.6 Å². The lowest BCUT2D eigenvalue weighted by Crippen LogP contribution is -2.47. The molecule has 108 valence electrons. The molecule has 0 amide bonds. The molecule has 9 heteroatoms. The minimum absolute atomic E-state index is 0.276. The number of nitrogens with zero attached hydrogens (tertiary/aromatic N) is 1. The number of hydrogen-bond donors (Lipinski definition) is 2. The maximum Gasteiger partial charge on any atom is 0.402 e. The Kier molecular flexibility index (Phi) is 4.41. The van der Waals surface area contributed by atoms with Crippen LogP contribution in [0.3, 0.4) is 0 Å². The number of alkyl halides is 6. The predicted molar refractivity (Wildman–Crippen MR) is 54.6 cm³/mol. The molecule has 0 aromatic carbocycles. The van der Waals surface area contributed by atoms with Gasteiger partial charge in [-0.25, -0.2) is 0 Å². The van der Waals surface area contributed by atoms with Gasteiger partial charge >= 0.3 is 12.4 Å². The van der Waals surface area contributed by atoms with E-state index in [2.05, 4.69) is 4.98 Å². The molecule has 1 aromatic rings. The van der Waals surface area contributed by atoms with Crippen LogP contribution in [0.1, 0.15) is 17.2 Å². The number of aromatic nitrogens is 1. The quantitative estimate of drug-likeness (QED) is 0.510. The first kappa shape index (κ1) is 15.7. The molecule has 0 aliphatic rings. The van der Waals surface area contributed by atoms with E-state index < -0.39 is 24.3 Å². The summed E-state index contributed by atoms with van der Waals surface area (Å²) in [7, 11) is 0. The Hall–Kier alpha value is -1.35. The van der Waals surface area contributed by atoms with E-state index >= 15 is 0 Å². The molecule has 3 nitrogen and oxygen atoms in total. The van der Waals surface area contributed by atoms with Gasteiger partial charge in [0.25, 0.3) is 0 Å². The molecular formula is C10H11F6N3. The third kappa shape index (κ3) is 3.80. The van der Waals surface area contributed by atoms with E-state index in [1.165, 1.54) is 19.2 Å². The van der Waals surface area contributed by atoms with Crippen molar-refractivity contribution in [3.8, 4) is 0 Å². The molecule has 0 radical (unpaired) electrons. The first-order valence-corrected chi connectivity index (χ1v) is 5.08. The van der Waals surface area contributed by atoms with Gasteiger partial charge in [0.1, 0.15) is 0 Å². The van der Waals surface area contributed by atoms with Crippen molar-refractivity contribution in [2.75, 3.05) is 0 Å². The minimum Gasteiger partial charge on any atom is -0.271 e. The standard InChI is InChI=1S/C10H11F6N3/c1-5-2-6(4-18-3-5)7(19-17)8(9(11,12)13)10(14,15)16/h2-4,7-8,19H,17H2,1H3. The zero-order valence-electron chi connectivity index (χ0n) is 9.68. The Balaban J connectivity index is 3.25. The summed E-state index contributed by atoms with van der Waals surface area (Å²) in [5, 5.41) is 0. The van der Waals surface area contributed by atoms with Gasteiger partial charge in [-0.2, -0.15) is 26.3 Å². The number of hydrogen-bond acceptors (Lipinski definition) is 3. The highest BCUT2D eigenvalue weighted by Gasteiger charge is 2.60. The van der Waals surface area contributed by atoms with Crippen LogP contribution < -0.4 is 11.3 Å². The van der Waals surface area contributed by atoms with Crippen LogP contribution in [-0.2, 0) is 0 Å². The third-order valence-corrected chi connectivity index (χ3v) is 2.47. The summed E-state index contributed by atoms with van der Waals surface area (Å²) >= 11 is 0. The van der Waals surface area contributed by atoms with Crippen LogP contribution in [-0.4, -0.2) is 17.3 Å². The molecule has 0 spiro atoms. The highest BCUT2D eigenvalue weighted by atomic mass is 19.4. The summed E-state index contributed by atoms with van der Waals surface area (Å²) < 4.78 is 75.6. The molecule has 1 aromatic heterocycles. The molecule has 3 N–H and O–H groups in total. The van der Waals surface area contributed by atoms with Crippen molar-refractivity contribution in [1.29, 1.82) is 0 Å². The molecule has 1 rings (SSSR count). The van der Waals surface area contributed by atoms with Crippen LogP contribution in [0.4, 0.5) is 26.3 Å². The van der Waals surface area contributed by atoms with Crippen molar-refractivity contribution in [1.82, 2.24) is 10.4 Å². The number of halogens is 6. The third-order valence-electron chi connectivity index (χ3n) is 2.47. The summed E-state index contributed by atoms with van der Waals surface area (Å²) in [5.74, 6) is 1.27. The zero-order chi connectivity index (χ0) is 14.8. The maximum atomic E-state index is 12.6. The molecule has 1 unspecified atom stereocenters. The number of pyridine rings is 1. The molecule has 0 fully saturated rings. The van der Waals surface area contributed by atoms with Crippen LogP contribution in [0.15, 0.2) is 18.5 Å². The molecule has 1 atom stereocenters. The van der Waals surface area contributed by atoms with Gasteiger partial charge in [0.2, 0.25) is 0 Å². The van der Waals surface area contributed by atoms with Gasteiger partial charge in [0.05, 0.1) is 6.04 Å². The summed E-state index contributed by atoms with van der Waals surface area (Å²) in [6, 6.07) is -0.977. The number of aryl methyl sites for hydroxylation is 1. The van der Waals surface area contributed by atoms with E-state index in [0.717, 1.165) is 6.20 Å². The highest BCUT2D eigenvalue weighted by Crippen LogP contribution is 2.46. The van der Waals surface area contributed by atoms with Crippen molar-refractivity contribution < 1.29 is 26.3 Å². The normalized spacial score (nSPS) is 14.8. The van der Waals surface area contributed by atoms with Gasteiger partial charge in [-0.1, -0.05) is 6.07 Å². The predicted octanol–water partition coefficient (Wildman–Crippen LogP) is 2.64. The van der Waals surface area contributed by atoms with E-state index in [4.69, 9.17) is 5.84 Å². The SMILES string of the molecule is Cc1cncc(C(NN)C(C(F)(F)F)C(F)(F)F)c1. The van der Waals surface area contributed by atoms with E-state index in [1.54, 1.807) is 5.43 Å².